The van der Waals surface area contributed by atoms with E-state index in [-0.39, 0.29) is 12.5 Å². The molecule has 1 N–H and O–H groups in total. The maximum Gasteiger partial charge on any atom is 0.340 e. The number of hydrogen-bond donors (Lipinski definition) is 1. The molecule has 3 aromatic carbocycles. The Kier molecular flexibility index (Phi) is 7.09. The largest absolute Gasteiger partial charge is 0.462 e. The maximum absolute atomic E-state index is 12.6. The van der Waals surface area contributed by atoms with Gasteiger partial charge in [-0.1, -0.05) is 42.0 Å². The average Bonchev–Trinajstić information content (AvgIpc) is 2.74. The molecule has 0 saturated carbocycles. The third kappa shape index (κ3) is 5.72. The summed E-state index contributed by atoms with van der Waals surface area (Å²) >= 11 is 1.76. The number of thioether (sulfide) groups is 1. The minimum atomic E-state index is -0.452. The number of rotatable bonds is 7. The van der Waals surface area contributed by atoms with E-state index in [4.69, 9.17) is 4.74 Å². The second-order valence-corrected chi connectivity index (χ2v) is 7.57. The van der Waals surface area contributed by atoms with Crippen molar-refractivity contribution in [2.45, 2.75) is 24.5 Å². The van der Waals surface area contributed by atoms with E-state index in [1.54, 1.807) is 55.1 Å². The Morgan fingerprint density at radius 2 is 1.62 bits per heavy atom. The van der Waals surface area contributed by atoms with Crippen molar-refractivity contribution >= 4 is 29.3 Å². The number of benzene rings is 3. The predicted molar refractivity (Wildman–Crippen MR) is 118 cm³/mol. The van der Waals surface area contributed by atoms with Crippen LogP contribution in [0.1, 0.15) is 38.8 Å². The van der Waals surface area contributed by atoms with E-state index in [1.165, 1.54) is 10.5 Å². The summed E-state index contributed by atoms with van der Waals surface area (Å²) in [6.07, 6.45) is 0. The van der Waals surface area contributed by atoms with E-state index in [2.05, 4.69) is 36.5 Å². The van der Waals surface area contributed by atoms with Crippen molar-refractivity contribution < 1.29 is 14.3 Å². The molecule has 0 saturated heterocycles. The van der Waals surface area contributed by atoms with Crippen molar-refractivity contribution in [1.29, 1.82) is 0 Å². The highest BCUT2D eigenvalue weighted by atomic mass is 32.2. The molecule has 4 nitrogen and oxygen atoms in total. The van der Waals surface area contributed by atoms with Gasteiger partial charge in [0.1, 0.15) is 0 Å². The number of anilines is 1. The van der Waals surface area contributed by atoms with Gasteiger partial charge in [-0.25, -0.2) is 4.79 Å². The maximum atomic E-state index is 12.6. The summed E-state index contributed by atoms with van der Waals surface area (Å²) in [7, 11) is 0. The lowest BCUT2D eigenvalue weighted by Gasteiger charge is -2.10. The van der Waals surface area contributed by atoms with Gasteiger partial charge in [0.2, 0.25) is 0 Å². The van der Waals surface area contributed by atoms with Gasteiger partial charge in [-0.05, 0) is 55.8 Å². The highest BCUT2D eigenvalue weighted by Gasteiger charge is 2.14. The molecule has 0 aliphatic rings. The molecule has 0 radical (unpaired) electrons. The van der Waals surface area contributed by atoms with Gasteiger partial charge in [-0.15, -0.1) is 11.8 Å². The Morgan fingerprint density at radius 1 is 0.931 bits per heavy atom. The summed E-state index contributed by atoms with van der Waals surface area (Å²) in [5, 5.41) is 2.80. The van der Waals surface area contributed by atoms with Crippen molar-refractivity contribution in [3.63, 3.8) is 0 Å². The third-order valence-electron chi connectivity index (χ3n) is 4.31. The molecular weight excluding hydrogens is 382 g/mol. The quantitative estimate of drug-likeness (QED) is 0.404. The van der Waals surface area contributed by atoms with E-state index in [0.717, 1.165) is 11.3 Å². The first kappa shape index (κ1) is 20.7. The zero-order chi connectivity index (χ0) is 20.6. The van der Waals surface area contributed by atoms with Crippen LogP contribution in [-0.4, -0.2) is 18.5 Å². The summed E-state index contributed by atoms with van der Waals surface area (Å²) < 4.78 is 5.05. The molecule has 3 rings (SSSR count). The van der Waals surface area contributed by atoms with Crippen LogP contribution in [-0.2, 0) is 10.5 Å². The average molecular weight is 406 g/mol. The van der Waals surface area contributed by atoms with E-state index in [1.807, 2.05) is 12.1 Å². The van der Waals surface area contributed by atoms with E-state index < -0.39 is 5.97 Å². The molecule has 0 unspecified atom stereocenters. The van der Waals surface area contributed by atoms with Crippen molar-refractivity contribution in [2.24, 2.45) is 0 Å². The first-order chi connectivity index (χ1) is 14.1. The molecule has 148 valence electrons. The molecule has 3 aromatic rings. The molecule has 0 aliphatic carbocycles. The molecular formula is C24H23NO3S. The number of nitrogens with one attached hydrogen (secondary N) is 1. The van der Waals surface area contributed by atoms with Gasteiger partial charge in [0, 0.05) is 16.2 Å². The molecule has 29 heavy (non-hydrogen) atoms. The van der Waals surface area contributed by atoms with E-state index >= 15 is 0 Å². The molecule has 0 atom stereocenters. The van der Waals surface area contributed by atoms with Gasteiger partial charge >= 0.3 is 5.97 Å². The van der Waals surface area contributed by atoms with Crippen molar-refractivity contribution in [3.05, 3.63) is 95.1 Å². The lowest BCUT2D eigenvalue weighted by atomic mass is 10.1. The number of carbonyl (C=O) groups is 2. The van der Waals surface area contributed by atoms with Crippen molar-refractivity contribution in [3.8, 4) is 0 Å². The van der Waals surface area contributed by atoms with Gasteiger partial charge in [0.25, 0.3) is 5.91 Å². The fraction of sp³-hybridized carbons (Fsp3) is 0.167. The Labute approximate surface area is 175 Å². The van der Waals surface area contributed by atoms with E-state index in [9.17, 15) is 9.59 Å². The van der Waals surface area contributed by atoms with Crippen LogP contribution in [0.5, 0.6) is 0 Å². The second-order valence-electron chi connectivity index (χ2n) is 6.52. The number of para-hydroxylation sites is 1. The molecule has 0 heterocycles. The molecule has 0 aliphatic heterocycles. The fourth-order valence-corrected chi connectivity index (χ4v) is 3.58. The lowest BCUT2D eigenvalue weighted by molar-refractivity contribution is 0.0527. The first-order valence-electron chi connectivity index (χ1n) is 9.42. The molecule has 1 amide bonds. The second kappa shape index (κ2) is 9.94. The molecule has 0 aromatic heterocycles. The highest BCUT2D eigenvalue weighted by Crippen LogP contribution is 2.23. The van der Waals surface area contributed by atoms with Gasteiger partial charge in [0.15, 0.2) is 0 Å². The number of hydrogen-bond acceptors (Lipinski definition) is 4. The SMILES string of the molecule is CCOC(=O)c1ccccc1NC(=O)c1ccc(CSc2ccc(C)cc2)cc1. The van der Waals surface area contributed by atoms with Crippen LogP contribution < -0.4 is 5.32 Å². The summed E-state index contributed by atoms with van der Waals surface area (Å²) in [4.78, 5) is 25.9. The molecule has 0 bridgehead atoms. The zero-order valence-electron chi connectivity index (χ0n) is 16.5. The first-order valence-corrected chi connectivity index (χ1v) is 10.4. The topological polar surface area (TPSA) is 55.4 Å². The van der Waals surface area contributed by atoms with Crippen LogP contribution in [0, 0.1) is 6.92 Å². The minimum Gasteiger partial charge on any atom is -0.462 e. The van der Waals surface area contributed by atoms with Crippen LogP contribution >= 0.6 is 11.8 Å². The normalized spacial score (nSPS) is 10.4. The van der Waals surface area contributed by atoms with Crippen LogP contribution in [0.15, 0.2) is 77.7 Å². The highest BCUT2D eigenvalue weighted by molar-refractivity contribution is 7.98. The van der Waals surface area contributed by atoms with Gasteiger partial charge in [0.05, 0.1) is 17.9 Å². The number of amides is 1. The smallest absolute Gasteiger partial charge is 0.340 e. The van der Waals surface area contributed by atoms with Gasteiger partial charge in [-0.3, -0.25) is 4.79 Å². The lowest BCUT2D eigenvalue weighted by Crippen LogP contribution is -2.15. The number of carbonyl (C=O) groups excluding carboxylic acids is 2. The standard InChI is InChI=1S/C24H23NO3S/c1-3-28-24(27)21-6-4-5-7-22(21)25-23(26)19-12-10-18(11-13-19)16-29-20-14-8-17(2)9-15-20/h4-15H,3,16H2,1-2H3,(H,25,26). The Bertz CT molecular complexity index is 982. The van der Waals surface area contributed by atoms with Crippen LogP contribution in [0.4, 0.5) is 5.69 Å². The Hall–Kier alpha value is -3.05. The van der Waals surface area contributed by atoms with E-state index in [0.29, 0.717) is 16.8 Å². The van der Waals surface area contributed by atoms with Crippen molar-refractivity contribution in [1.82, 2.24) is 0 Å². The van der Waals surface area contributed by atoms with Crippen LogP contribution in [0.25, 0.3) is 0 Å². The Balaban J connectivity index is 1.63. The number of ether oxygens (including phenoxy) is 1. The summed E-state index contributed by atoms with van der Waals surface area (Å²) in [6.45, 7) is 4.10. The molecule has 0 spiro atoms. The molecule has 0 fully saturated rings. The minimum absolute atomic E-state index is 0.264. The third-order valence-corrected chi connectivity index (χ3v) is 5.40. The summed E-state index contributed by atoms with van der Waals surface area (Å²) in [6, 6.07) is 22.8. The van der Waals surface area contributed by atoms with Crippen molar-refractivity contribution in [2.75, 3.05) is 11.9 Å². The Morgan fingerprint density at radius 3 is 2.31 bits per heavy atom. The summed E-state index contributed by atoms with van der Waals surface area (Å²) in [5.41, 5.74) is 3.70. The monoisotopic (exact) mass is 405 g/mol. The van der Waals surface area contributed by atoms with Gasteiger partial charge < -0.3 is 10.1 Å². The van der Waals surface area contributed by atoms with Crippen LogP contribution in [0.2, 0.25) is 0 Å². The summed E-state index contributed by atoms with van der Waals surface area (Å²) in [5.74, 6) is 0.114. The zero-order valence-corrected chi connectivity index (χ0v) is 17.3. The predicted octanol–water partition coefficient (Wildman–Crippen LogP) is 5.72. The fourth-order valence-electron chi connectivity index (χ4n) is 2.73. The van der Waals surface area contributed by atoms with Crippen LogP contribution in [0.3, 0.4) is 0 Å². The number of aryl methyl sites for hydroxylation is 1. The number of esters is 1. The van der Waals surface area contributed by atoms with Gasteiger partial charge in [-0.2, -0.15) is 0 Å². The molecule has 5 heteroatoms.